The average molecular weight is 218 g/mol. The van der Waals surface area contributed by atoms with Gasteiger partial charge in [0.2, 0.25) is 0 Å². The summed E-state index contributed by atoms with van der Waals surface area (Å²) < 4.78 is 34.9. The van der Waals surface area contributed by atoms with Gasteiger partial charge in [-0.2, -0.15) is 0 Å². The first-order valence-corrected chi connectivity index (χ1v) is 5.93. The van der Waals surface area contributed by atoms with Crippen LogP contribution in [0, 0.1) is 6.92 Å². The minimum absolute atomic E-state index is 0.297. The Kier molecular flexibility index (Phi) is 3.28. The van der Waals surface area contributed by atoms with Crippen molar-refractivity contribution in [2.24, 2.45) is 7.05 Å². The molecule has 1 aromatic heterocycles. The van der Waals surface area contributed by atoms with Crippen LogP contribution < -0.4 is 4.57 Å². The van der Waals surface area contributed by atoms with Gasteiger partial charge in [-0.1, -0.05) is 0 Å². The van der Waals surface area contributed by atoms with Gasteiger partial charge in [0.1, 0.15) is 12.4 Å². The first-order valence-electron chi connectivity index (χ1n) is 4.35. The number of nitrogens with zero attached hydrogens (tertiary/aromatic N) is 2. The summed E-state index contributed by atoms with van der Waals surface area (Å²) in [6.07, 6.45) is 4.12. The highest BCUT2D eigenvalue weighted by molar-refractivity contribution is 7.85. The molecule has 0 bridgehead atoms. The van der Waals surface area contributed by atoms with Gasteiger partial charge in [0.25, 0.3) is 5.82 Å². The summed E-state index contributed by atoms with van der Waals surface area (Å²) in [5, 5.41) is 0. The van der Waals surface area contributed by atoms with E-state index in [-0.39, 0.29) is 5.75 Å². The Hall–Kier alpha value is -0.880. The predicted octanol–water partition coefficient (Wildman–Crippen LogP) is -0.444. The lowest BCUT2D eigenvalue weighted by molar-refractivity contribution is -0.702. The predicted molar refractivity (Wildman–Crippen MR) is 49.5 cm³/mol. The summed E-state index contributed by atoms with van der Waals surface area (Å²) in [6, 6.07) is 0. The fourth-order valence-electron chi connectivity index (χ4n) is 1.25. The van der Waals surface area contributed by atoms with Crippen molar-refractivity contribution < 1.29 is 17.5 Å². The van der Waals surface area contributed by atoms with E-state index in [2.05, 4.69) is 0 Å². The molecular weight excluding hydrogens is 204 g/mol. The highest BCUT2D eigenvalue weighted by Gasteiger charge is 2.08. The molecule has 0 N–H and O–H groups in total. The Balaban J connectivity index is 2.51. The molecule has 80 valence electrons. The third-order valence-corrected chi connectivity index (χ3v) is 2.98. The van der Waals surface area contributed by atoms with Gasteiger partial charge in [-0.25, -0.2) is 17.6 Å². The maximum atomic E-state index is 10.3. The van der Waals surface area contributed by atoms with E-state index in [9.17, 15) is 13.0 Å². The second-order valence-electron chi connectivity index (χ2n) is 3.27. The molecule has 0 radical (unpaired) electrons. The van der Waals surface area contributed by atoms with Crippen LogP contribution in [0.15, 0.2) is 12.4 Å². The molecule has 1 heterocycles. The van der Waals surface area contributed by atoms with Crippen LogP contribution in [-0.4, -0.2) is 23.3 Å². The zero-order valence-corrected chi connectivity index (χ0v) is 9.12. The number of rotatable bonds is 4. The molecule has 0 unspecified atom stereocenters. The summed E-state index contributed by atoms with van der Waals surface area (Å²) in [5.74, 6) is 0.738. The van der Waals surface area contributed by atoms with Crippen molar-refractivity contribution in [3.63, 3.8) is 0 Å². The first-order chi connectivity index (χ1) is 6.40. The molecule has 5 nitrogen and oxygen atoms in total. The largest absolute Gasteiger partial charge is 0.748 e. The van der Waals surface area contributed by atoms with Crippen molar-refractivity contribution in [3.8, 4) is 0 Å². The first kappa shape index (κ1) is 11.2. The van der Waals surface area contributed by atoms with Crippen molar-refractivity contribution in [2.75, 3.05) is 5.75 Å². The van der Waals surface area contributed by atoms with Crippen molar-refractivity contribution in [3.05, 3.63) is 18.2 Å². The van der Waals surface area contributed by atoms with Gasteiger partial charge in [0, 0.05) is 12.7 Å². The molecule has 14 heavy (non-hydrogen) atoms. The number of aryl methyl sites for hydroxylation is 2. The average Bonchev–Trinajstić information content (AvgIpc) is 2.33. The lowest BCUT2D eigenvalue weighted by Gasteiger charge is -2.04. The maximum absolute atomic E-state index is 10.3. The lowest BCUT2D eigenvalue weighted by atomic mass is 10.4. The van der Waals surface area contributed by atoms with Gasteiger partial charge in [-0.05, 0) is 6.42 Å². The Labute approximate surface area is 83.7 Å². The van der Waals surface area contributed by atoms with E-state index in [4.69, 9.17) is 0 Å². The van der Waals surface area contributed by atoms with Crippen LogP contribution in [0.4, 0.5) is 0 Å². The highest BCUT2D eigenvalue weighted by Crippen LogP contribution is 1.92. The van der Waals surface area contributed by atoms with E-state index < -0.39 is 10.1 Å². The molecule has 0 aliphatic heterocycles. The maximum Gasteiger partial charge on any atom is 0.253 e. The van der Waals surface area contributed by atoms with Crippen LogP contribution in [0.25, 0.3) is 0 Å². The quantitative estimate of drug-likeness (QED) is 0.508. The molecular formula is C8H14N2O3S. The van der Waals surface area contributed by atoms with Crippen molar-refractivity contribution in [1.29, 1.82) is 0 Å². The molecule has 1 aromatic rings. The fraction of sp³-hybridized carbons (Fsp3) is 0.625. The molecule has 0 fully saturated rings. The third-order valence-electron chi connectivity index (χ3n) is 2.19. The van der Waals surface area contributed by atoms with E-state index in [1.807, 2.05) is 35.5 Å². The molecule has 0 aliphatic carbocycles. The molecule has 0 atom stereocenters. The molecule has 1 rings (SSSR count). The zero-order valence-electron chi connectivity index (χ0n) is 8.30. The van der Waals surface area contributed by atoms with Gasteiger partial charge in [-0.3, -0.25) is 0 Å². The smallest absolute Gasteiger partial charge is 0.253 e. The Morgan fingerprint density at radius 3 is 2.64 bits per heavy atom. The van der Waals surface area contributed by atoms with Crippen LogP contribution in [-0.2, 0) is 23.7 Å². The summed E-state index contributed by atoms with van der Waals surface area (Å²) in [6.45, 7) is 2.50. The van der Waals surface area contributed by atoms with Crippen molar-refractivity contribution >= 4 is 10.1 Å². The molecule has 0 spiro atoms. The van der Waals surface area contributed by atoms with E-state index in [0.29, 0.717) is 13.0 Å². The summed E-state index contributed by atoms with van der Waals surface area (Å²) in [7, 11) is -2.16. The summed E-state index contributed by atoms with van der Waals surface area (Å²) in [5.41, 5.74) is 0. The van der Waals surface area contributed by atoms with Crippen LogP contribution in [0.3, 0.4) is 0 Å². The number of imidazole rings is 1. The van der Waals surface area contributed by atoms with E-state index >= 15 is 0 Å². The van der Waals surface area contributed by atoms with E-state index in [1.54, 1.807) is 0 Å². The Morgan fingerprint density at radius 1 is 1.57 bits per heavy atom. The molecule has 0 amide bonds. The van der Waals surface area contributed by atoms with Gasteiger partial charge >= 0.3 is 0 Å². The minimum Gasteiger partial charge on any atom is -0.748 e. The number of hydrogen-bond acceptors (Lipinski definition) is 3. The molecule has 0 aliphatic rings. The molecule has 0 saturated carbocycles. The van der Waals surface area contributed by atoms with Gasteiger partial charge in [0.15, 0.2) is 0 Å². The summed E-state index contributed by atoms with van der Waals surface area (Å²) >= 11 is 0. The second-order valence-corrected chi connectivity index (χ2v) is 4.79. The monoisotopic (exact) mass is 218 g/mol. The Morgan fingerprint density at radius 2 is 2.21 bits per heavy atom. The third kappa shape index (κ3) is 3.12. The topological polar surface area (TPSA) is 66.0 Å². The normalized spacial score (nSPS) is 11.9. The van der Waals surface area contributed by atoms with Crippen LogP contribution in [0.1, 0.15) is 12.2 Å². The van der Waals surface area contributed by atoms with Gasteiger partial charge < -0.3 is 4.55 Å². The van der Waals surface area contributed by atoms with Crippen LogP contribution in [0.2, 0.25) is 0 Å². The molecule has 0 saturated heterocycles. The lowest BCUT2D eigenvalue weighted by Crippen LogP contribution is -2.36. The van der Waals surface area contributed by atoms with Crippen LogP contribution in [0.5, 0.6) is 0 Å². The minimum atomic E-state index is -4.07. The highest BCUT2D eigenvalue weighted by atomic mass is 32.2. The number of hydrogen-bond donors (Lipinski definition) is 0. The zero-order chi connectivity index (χ0) is 10.8. The fourth-order valence-corrected chi connectivity index (χ4v) is 1.73. The van der Waals surface area contributed by atoms with Crippen molar-refractivity contribution in [2.45, 2.75) is 19.9 Å². The molecule has 6 heteroatoms. The van der Waals surface area contributed by atoms with Gasteiger partial charge in [0.05, 0.1) is 23.7 Å². The summed E-state index contributed by atoms with van der Waals surface area (Å²) in [4.78, 5) is 0. The van der Waals surface area contributed by atoms with Crippen LogP contribution >= 0.6 is 0 Å². The van der Waals surface area contributed by atoms with Gasteiger partial charge in [-0.15, -0.1) is 0 Å². The second kappa shape index (κ2) is 4.10. The Bertz CT molecular complexity index is 408. The standard InChI is InChI=1S/C8H14N2O3S/c1-8-9(2)5-6-10(8)4-3-7-14(11,12)13/h5-6H,3-4,7H2,1-2H3. The number of aromatic nitrogens is 2. The van der Waals surface area contributed by atoms with E-state index in [1.165, 1.54) is 0 Å². The van der Waals surface area contributed by atoms with Crippen molar-refractivity contribution in [1.82, 2.24) is 4.57 Å². The SMILES string of the molecule is Cc1n(C)cc[n+]1CCCS(=O)(=O)[O-]. The van der Waals surface area contributed by atoms with E-state index in [0.717, 1.165) is 5.82 Å². The molecule has 0 aromatic carbocycles.